The Morgan fingerprint density at radius 3 is 2.38 bits per heavy atom. The summed E-state index contributed by atoms with van der Waals surface area (Å²) < 4.78 is 0. The zero-order valence-electron chi connectivity index (χ0n) is 13.2. The Bertz CT molecular complexity index is 732. The number of hydrogen-bond donors (Lipinski definition) is 3. The summed E-state index contributed by atoms with van der Waals surface area (Å²) in [5.74, 6) is -0.781. The summed E-state index contributed by atoms with van der Waals surface area (Å²) in [5.41, 5.74) is 1.31. The third-order valence-electron chi connectivity index (χ3n) is 3.04. The van der Waals surface area contributed by atoms with Crippen molar-refractivity contribution in [3.05, 3.63) is 59.9 Å². The summed E-state index contributed by atoms with van der Waals surface area (Å²) in [4.78, 5) is 38.8. The molecule has 124 valence electrons. The average molecular weight is 326 g/mol. The lowest BCUT2D eigenvalue weighted by Gasteiger charge is -2.08. The van der Waals surface area contributed by atoms with Gasteiger partial charge in [-0.3, -0.25) is 19.4 Å². The van der Waals surface area contributed by atoms with Crippen molar-refractivity contribution in [2.24, 2.45) is 0 Å². The number of pyridine rings is 1. The van der Waals surface area contributed by atoms with Gasteiger partial charge in [-0.05, 0) is 30.3 Å². The highest BCUT2D eigenvalue weighted by molar-refractivity contribution is 5.97. The first kappa shape index (κ1) is 17.1. The second kappa shape index (κ2) is 8.42. The topological polar surface area (TPSA) is 100 Å². The first-order valence-electron chi connectivity index (χ1n) is 7.41. The van der Waals surface area contributed by atoms with Crippen LogP contribution in [-0.4, -0.2) is 35.8 Å². The Balaban J connectivity index is 1.79. The van der Waals surface area contributed by atoms with E-state index >= 15 is 0 Å². The highest BCUT2D eigenvalue weighted by Gasteiger charge is 2.08. The first-order chi connectivity index (χ1) is 11.6. The predicted molar refractivity (Wildman–Crippen MR) is 89.6 cm³/mol. The van der Waals surface area contributed by atoms with E-state index in [-0.39, 0.29) is 30.8 Å². The molecule has 0 aliphatic rings. The van der Waals surface area contributed by atoms with Gasteiger partial charge in [0, 0.05) is 37.5 Å². The van der Waals surface area contributed by atoms with E-state index < -0.39 is 0 Å². The Morgan fingerprint density at radius 1 is 0.958 bits per heavy atom. The van der Waals surface area contributed by atoms with Crippen LogP contribution in [-0.2, 0) is 4.79 Å². The lowest BCUT2D eigenvalue weighted by molar-refractivity contribution is -0.114. The van der Waals surface area contributed by atoms with E-state index in [0.29, 0.717) is 16.9 Å². The van der Waals surface area contributed by atoms with Gasteiger partial charge < -0.3 is 16.0 Å². The Kier molecular flexibility index (Phi) is 6.01. The van der Waals surface area contributed by atoms with Gasteiger partial charge in [0.1, 0.15) is 5.69 Å². The molecule has 7 nitrogen and oxygen atoms in total. The molecule has 7 heteroatoms. The number of aromatic nitrogens is 1. The smallest absolute Gasteiger partial charge is 0.269 e. The molecule has 0 spiro atoms. The zero-order chi connectivity index (χ0) is 17.4. The molecule has 0 atom stereocenters. The Labute approximate surface area is 139 Å². The number of benzene rings is 1. The van der Waals surface area contributed by atoms with Crippen LogP contribution in [0.25, 0.3) is 0 Å². The third kappa shape index (κ3) is 5.20. The molecule has 3 amide bonds. The molecule has 3 N–H and O–H groups in total. The number of amides is 3. The van der Waals surface area contributed by atoms with Crippen molar-refractivity contribution in [3.8, 4) is 0 Å². The first-order valence-corrected chi connectivity index (χ1v) is 7.41. The fraction of sp³-hybridized carbons (Fsp3) is 0.176. The van der Waals surface area contributed by atoms with Crippen LogP contribution < -0.4 is 16.0 Å². The highest BCUT2D eigenvalue weighted by atomic mass is 16.2. The number of anilines is 1. The molecule has 0 saturated heterocycles. The fourth-order valence-electron chi connectivity index (χ4n) is 1.98. The van der Waals surface area contributed by atoms with E-state index in [9.17, 15) is 14.4 Å². The van der Waals surface area contributed by atoms with Crippen LogP contribution in [0, 0.1) is 0 Å². The van der Waals surface area contributed by atoms with Gasteiger partial charge in [-0.1, -0.05) is 12.1 Å². The van der Waals surface area contributed by atoms with E-state index in [1.54, 1.807) is 48.7 Å². The van der Waals surface area contributed by atoms with Crippen LogP contribution in [0.5, 0.6) is 0 Å². The monoisotopic (exact) mass is 326 g/mol. The van der Waals surface area contributed by atoms with Gasteiger partial charge in [0.2, 0.25) is 5.91 Å². The van der Waals surface area contributed by atoms with Crippen LogP contribution in [0.3, 0.4) is 0 Å². The normalized spacial score (nSPS) is 9.88. The van der Waals surface area contributed by atoms with Crippen molar-refractivity contribution in [1.29, 1.82) is 0 Å². The molecule has 24 heavy (non-hydrogen) atoms. The standard InChI is InChI=1S/C17H18N4O3/c1-12(22)21-14-6-4-5-13(11-14)16(23)19-9-10-20-17(24)15-7-2-3-8-18-15/h2-8,11H,9-10H2,1H3,(H,19,23)(H,20,24)(H,21,22). The van der Waals surface area contributed by atoms with Crippen LogP contribution in [0.2, 0.25) is 0 Å². The van der Waals surface area contributed by atoms with Crippen molar-refractivity contribution in [2.45, 2.75) is 6.92 Å². The van der Waals surface area contributed by atoms with Crippen molar-refractivity contribution < 1.29 is 14.4 Å². The molecule has 2 rings (SSSR count). The van der Waals surface area contributed by atoms with E-state index in [1.807, 2.05) is 0 Å². The maximum absolute atomic E-state index is 12.0. The maximum Gasteiger partial charge on any atom is 0.269 e. The molecule has 0 fully saturated rings. The lowest BCUT2D eigenvalue weighted by Crippen LogP contribution is -2.35. The predicted octanol–water partition coefficient (Wildman–Crippen LogP) is 1.20. The zero-order valence-corrected chi connectivity index (χ0v) is 13.2. The molecular formula is C17H18N4O3. The average Bonchev–Trinajstić information content (AvgIpc) is 2.58. The summed E-state index contributed by atoms with van der Waals surface area (Å²) in [7, 11) is 0. The largest absolute Gasteiger partial charge is 0.350 e. The molecule has 2 aromatic rings. The minimum Gasteiger partial charge on any atom is -0.350 e. The van der Waals surface area contributed by atoms with Crippen molar-refractivity contribution in [3.63, 3.8) is 0 Å². The lowest BCUT2D eigenvalue weighted by atomic mass is 10.2. The molecule has 0 aliphatic heterocycles. The molecule has 0 radical (unpaired) electrons. The van der Waals surface area contributed by atoms with Crippen molar-refractivity contribution in [2.75, 3.05) is 18.4 Å². The van der Waals surface area contributed by atoms with Crippen LogP contribution >= 0.6 is 0 Å². The molecule has 0 bridgehead atoms. The molecular weight excluding hydrogens is 308 g/mol. The number of nitrogens with one attached hydrogen (secondary N) is 3. The van der Waals surface area contributed by atoms with Gasteiger partial charge in [-0.2, -0.15) is 0 Å². The van der Waals surface area contributed by atoms with Crippen LogP contribution in [0.1, 0.15) is 27.8 Å². The van der Waals surface area contributed by atoms with Gasteiger partial charge in [0.25, 0.3) is 11.8 Å². The van der Waals surface area contributed by atoms with Crippen LogP contribution in [0.4, 0.5) is 5.69 Å². The highest BCUT2D eigenvalue weighted by Crippen LogP contribution is 2.10. The van der Waals surface area contributed by atoms with E-state index in [2.05, 4.69) is 20.9 Å². The van der Waals surface area contributed by atoms with Gasteiger partial charge in [-0.15, -0.1) is 0 Å². The summed E-state index contributed by atoms with van der Waals surface area (Å²) in [5, 5.41) is 7.99. The second-order valence-electron chi connectivity index (χ2n) is 4.99. The fourth-order valence-corrected chi connectivity index (χ4v) is 1.98. The summed E-state index contributed by atoms with van der Waals surface area (Å²) in [6.07, 6.45) is 1.54. The molecule has 1 heterocycles. The van der Waals surface area contributed by atoms with Crippen molar-refractivity contribution >= 4 is 23.4 Å². The third-order valence-corrected chi connectivity index (χ3v) is 3.04. The van der Waals surface area contributed by atoms with E-state index in [1.165, 1.54) is 6.92 Å². The summed E-state index contributed by atoms with van der Waals surface area (Å²) >= 11 is 0. The SMILES string of the molecule is CC(=O)Nc1cccc(C(=O)NCCNC(=O)c2ccccn2)c1. The van der Waals surface area contributed by atoms with Gasteiger partial charge in [-0.25, -0.2) is 0 Å². The number of hydrogen-bond acceptors (Lipinski definition) is 4. The summed E-state index contributed by atoms with van der Waals surface area (Å²) in [6, 6.07) is 11.7. The van der Waals surface area contributed by atoms with E-state index in [0.717, 1.165) is 0 Å². The van der Waals surface area contributed by atoms with Gasteiger partial charge >= 0.3 is 0 Å². The molecule has 0 saturated carbocycles. The quantitative estimate of drug-likeness (QED) is 0.694. The van der Waals surface area contributed by atoms with Gasteiger partial charge in [0.05, 0.1) is 0 Å². The molecule has 1 aromatic carbocycles. The number of carbonyl (C=O) groups is 3. The number of nitrogens with zero attached hydrogens (tertiary/aromatic N) is 1. The number of carbonyl (C=O) groups excluding carboxylic acids is 3. The van der Waals surface area contributed by atoms with Gasteiger partial charge in [0.15, 0.2) is 0 Å². The number of rotatable bonds is 6. The Hall–Kier alpha value is -3.22. The minimum absolute atomic E-state index is 0.204. The Morgan fingerprint density at radius 2 is 1.71 bits per heavy atom. The molecule has 1 aromatic heterocycles. The summed E-state index contributed by atoms with van der Waals surface area (Å²) in [6.45, 7) is 1.96. The second-order valence-corrected chi connectivity index (χ2v) is 4.99. The van der Waals surface area contributed by atoms with E-state index in [4.69, 9.17) is 0 Å². The molecule has 0 aliphatic carbocycles. The maximum atomic E-state index is 12.0. The van der Waals surface area contributed by atoms with Crippen molar-refractivity contribution in [1.82, 2.24) is 15.6 Å². The van der Waals surface area contributed by atoms with Crippen LogP contribution in [0.15, 0.2) is 48.7 Å². The molecule has 0 unspecified atom stereocenters. The minimum atomic E-state index is -0.294.